The highest BCUT2D eigenvalue weighted by molar-refractivity contribution is 14.1. The molecule has 0 atom stereocenters. The first-order valence-electron chi connectivity index (χ1n) is 4.85. The molecular weight excluding hydrogens is 334 g/mol. The molecule has 1 heterocycles. The minimum atomic E-state index is -0.286. The number of anilines is 3. The summed E-state index contributed by atoms with van der Waals surface area (Å²) in [6.45, 7) is 0. The second-order valence-electron chi connectivity index (χ2n) is 3.45. The number of nitrogens with two attached hydrogens (primary N) is 1. The molecule has 0 aliphatic rings. The Morgan fingerprint density at radius 2 is 2.06 bits per heavy atom. The van der Waals surface area contributed by atoms with Crippen LogP contribution in [0.1, 0.15) is 0 Å². The van der Waals surface area contributed by atoms with Crippen LogP contribution >= 0.6 is 22.6 Å². The Kier molecular flexibility index (Phi) is 3.41. The van der Waals surface area contributed by atoms with E-state index < -0.39 is 0 Å². The lowest BCUT2D eigenvalue weighted by Crippen LogP contribution is -2.13. The largest absolute Gasteiger partial charge is 0.368 e. The lowest BCUT2D eigenvalue weighted by molar-refractivity contribution is 0.628. The van der Waals surface area contributed by atoms with Gasteiger partial charge < -0.3 is 10.6 Å². The van der Waals surface area contributed by atoms with Gasteiger partial charge in [0.15, 0.2) is 0 Å². The lowest BCUT2D eigenvalue weighted by atomic mass is 10.3. The van der Waals surface area contributed by atoms with Crippen LogP contribution in [0.4, 0.5) is 21.8 Å². The Morgan fingerprint density at radius 1 is 1.29 bits per heavy atom. The molecule has 17 heavy (non-hydrogen) atoms. The molecule has 0 radical (unpaired) electrons. The quantitative estimate of drug-likeness (QED) is 0.672. The summed E-state index contributed by atoms with van der Waals surface area (Å²) < 4.78 is 13.9. The van der Waals surface area contributed by atoms with Crippen molar-refractivity contribution in [2.75, 3.05) is 17.7 Å². The lowest BCUT2D eigenvalue weighted by Gasteiger charge is -2.18. The van der Waals surface area contributed by atoms with Gasteiger partial charge in [-0.25, -0.2) is 9.37 Å². The number of rotatable bonds is 2. The molecule has 0 fully saturated rings. The zero-order valence-corrected chi connectivity index (χ0v) is 11.2. The van der Waals surface area contributed by atoms with Gasteiger partial charge in [0.05, 0.1) is 0 Å². The molecule has 0 aliphatic heterocycles. The van der Waals surface area contributed by atoms with Crippen LogP contribution in [0.2, 0.25) is 0 Å². The summed E-state index contributed by atoms with van der Waals surface area (Å²) in [5.74, 6) is 0.550. The zero-order valence-electron chi connectivity index (χ0n) is 9.06. The Morgan fingerprint density at radius 3 is 2.71 bits per heavy atom. The molecule has 0 saturated heterocycles. The number of nitrogen functional groups attached to an aromatic ring is 1. The summed E-state index contributed by atoms with van der Waals surface area (Å²) >= 11 is 2.06. The van der Waals surface area contributed by atoms with E-state index in [0.29, 0.717) is 11.5 Å². The van der Waals surface area contributed by atoms with Crippen LogP contribution in [0.15, 0.2) is 30.3 Å². The van der Waals surface area contributed by atoms with Gasteiger partial charge >= 0.3 is 0 Å². The van der Waals surface area contributed by atoms with Gasteiger partial charge in [0, 0.05) is 18.8 Å². The van der Waals surface area contributed by atoms with Crippen molar-refractivity contribution in [2.24, 2.45) is 0 Å². The van der Waals surface area contributed by atoms with Gasteiger partial charge in [-0.15, -0.1) is 0 Å². The second kappa shape index (κ2) is 4.82. The molecule has 0 saturated carbocycles. The van der Waals surface area contributed by atoms with E-state index in [-0.39, 0.29) is 11.8 Å². The van der Waals surface area contributed by atoms with Gasteiger partial charge in [0.25, 0.3) is 0 Å². The van der Waals surface area contributed by atoms with Gasteiger partial charge in [-0.1, -0.05) is 6.07 Å². The fraction of sp³-hybridized carbons (Fsp3) is 0.0909. The van der Waals surface area contributed by atoms with Crippen molar-refractivity contribution >= 4 is 40.0 Å². The maximum absolute atomic E-state index is 13.1. The van der Waals surface area contributed by atoms with Crippen LogP contribution in [0.5, 0.6) is 0 Å². The van der Waals surface area contributed by atoms with Crippen molar-refractivity contribution in [1.29, 1.82) is 0 Å². The van der Waals surface area contributed by atoms with E-state index in [1.165, 1.54) is 12.1 Å². The third kappa shape index (κ3) is 2.82. The minimum absolute atomic E-state index is 0.204. The van der Waals surface area contributed by atoms with Gasteiger partial charge in [-0.05, 0) is 40.8 Å². The molecule has 2 N–H and O–H groups in total. The molecule has 1 aromatic carbocycles. The SMILES string of the molecule is CN(c1cccc(F)c1)c1cc(I)nc(N)n1. The molecular formula is C11H10FIN4. The molecule has 0 unspecified atom stereocenters. The molecule has 2 aromatic rings. The third-order valence-corrected chi connectivity index (χ3v) is 2.79. The number of benzene rings is 1. The normalized spacial score (nSPS) is 10.3. The van der Waals surface area contributed by atoms with Gasteiger partial charge in [-0.3, -0.25) is 0 Å². The maximum atomic E-state index is 13.1. The molecule has 2 rings (SSSR count). The molecule has 88 valence electrons. The number of hydrogen-bond acceptors (Lipinski definition) is 4. The second-order valence-corrected chi connectivity index (χ2v) is 4.55. The molecule has 0 spiro atoms. The van der Waals surface area contributed by atoms with Crippen LogP contribution in [0.3, 0.4) is 0 Å². The van der Waals surface area contributed by atoms with Crippen LogP contribution in [-0.2, 0) is 0 Å². The third-order valence-electron chi connectivity index (χ3n) is 2.24. The first kappa shape index (κ1) is 12.0. The van der Waals surface area contributed by atoms with Crippen LogP contribution in [0.25, 0.3) is 0 Å². The highest BCUT2D eigenvalue weighted by Crippen LogP contribution is 2.23. The predicted molar refractivity (Wildman–Crippen MR) is 73.6 cm³/mol. The van der Waals surface area contributed by atoms with E-state index in [0.717, 1.165) is 3.70 Å². The van der Waals surface area contributed by atoms with Crippen molar-refractivity contribution in [1.82, 2.24) is 9.97 Å². The summed E-state index contributed by atoms with van der Waals surface area (Å²) in [5.41, 5.74) is 6.28. The summed E-state index contributed by atoms with van der Waals surface area (Å²) in [4.78, 5) is 9.84. The first-order chi connectivity index (χ1) is 8.06. The van der Waals surface area contributed by atoms with Gasteiger partial charge in [-0.2, -0.15) is 4.98 Å². The number of halogens is 2. The van der Waals surface area contributed by atoms with E-state index in [4.69, 9.17) is 5.73 Å². The standard InChI is InChI=1S/C11H10FIN4/c1-17(8-4-2-3-7(12)5-8)10-6-9(13)15-11(14)16-10/h2-6H,1H3,(H2,14,15,16). The van der Waals surface area contributed by atoms with Crippen LogP contribution in [0, 0.1) is 9.52 Å². The van der Waals surface area contributed by atoms with Crippen molar-refractivity contribution in [3.8, 4) is 0 Å². The summed E-state index contributed by atoms with van der Waals surface area (Å²) in [7, 11) is 1.80. The van der Waals surface area contributed by atoms with Crippen LogP contribution < -0.4 is 10.6 Å². The van der Waals surface area contributed by atoms with Crippen molar-refractivity contribution in [3.63, 3.8) is 0 Å². The highest BCUT2D eigenvalue weighted by atomic mass is 127. The number of nitrogens with zero attached hydrogens (tertiary/aromatic N) is 3. The number of hydrogen-bond donors (Lipinski definition) is 1. The molecule has 1 aromatic heterocycles. The van der Waals surface area contributed by atoms with E-state index >= 15 is 0 Å². The smallest absolute Gasteiger partial charge is 0.222 e. The molecule has 0 amide bonds. The van der Waals surface area contributed by atoms with E-state index in [9.17, 15) is 4.39 Å². The van der Waals surface area contributed by atoms with Crippen molar-refractivity contribution in [2.45, 2.75) is 0 Å². The fourth-order valence-corrected chi connectivity index (χ4v) is 1.94. The fourth-order valence-electron chi connectivity index (χ4n) is 1.41. The summed E-state index contributed by atoms with van der Waals surface area (Å²) in [6, 6.07) is 8.06. The molecule has 0 aliphatic carbocycles. The van der Waals surface area contributed by atoms with E-state index in [2.05, 4.69) is 32.6 Å². The summed E-state index contributed by atoms with van der Waals surface area (Å²) in [5, 5.41) is 0. The topological polar surface area (TPSA) is 55.0 Å². The Labute approximate surface area is 112 Å². The average molecular weight is 344 g/mol. The highest BCUT2D eigenvalue weighted by Gasteiger charge is 2.08. The Hall–Kier alpha value is -1.44. The zero-order chi connectivity index (χ0) is 12.4. The van der Waals surface area contributed by atoms with E-state index in [1.807, 2.05) is 0 Å². The molecule has 0 bridgehead atoms. The summed E-state index contributed by atoms with van der Waals surface area (Å²) in [6.07, 6.45) is 0. The van der Waals surface area contributed by atoms with Crippen molar-refractivity contribution < 1.29 is 4.39 Å². The Balaban J connectivity index is 2.39. The van der Waals surface area contributed by atoms with Crippen molar-refractivity contribution in [3.05, 3.63) is 39.8 Å². The Bertz CT molecular complexity index is 526. The number of aromatic nitrogens is 2. The van der Waals surface area contributed by atoms with E-state index in [1.54, 1.807) is 30.1 Å². The average Bonchev–Trinajstić information content (AvgIpc) is 2.26. The van der Waals surface area contributed by atoms with Crippen LogP contribution in [-0.4, -0.2) is 17.0 Å². The predicted octanol–water partition coefficient (Wildman–Crippen LogP) is 2.57. The van der Waals surface area contributed by atoms with Gasteiger partial charge in [0.2, 0.25) is 5.95 Å². The first-order valence-corrected chi connectivity index (χ1v) is 5.93. The maximum Gasteiger partial charge on any atom is 0.222 e. The molecule has 6 heteroatoms. The minimum Gasteiger partial charge on any atom is -0.368 e. The monoisotopic (exact) mass is 344 g/mol. The molecule has 4 nitrogen and oxygen atoms in total. The van der Waals surface area contributed by atoms with Gasteiger partial charge in [0.1, 0.15) is 15.3 Å².